The summed E-state index contributed by atoms with van der Waals surface area (Å²) >= 11 is 0. The number of ketones is 1. The van der Waals surface area contributed by atoms with Gasteiger partial charge in [-0.15, -0.1) is 0 Å². The third kappa shape index (κ3) is 1.52. The van der Waals surface area contributed by atoms with Gasteiger partial charge in [0, 0.05) is 17.5 Å². The summed E-state index contributed by atoms with van der Waals surface area (Å²) in [6.45, 7) is 0.579. The fourth-order valence-electron chi connectivity index (χ4n) is 2.26. The highest BCUT2D eigenvalue weighted by Gasteiger charge is 2.27. The quantitative estimate of drug-likeness (QED) is 0.719. The zero-order valence-electron chi connectivity index (χ0n) is 8.98. The van der Waals surface area contributed by atoms with Crippen LogP contribution in [0.4, 0.5) is 0 Å². The molecule has 1 unspecified atom stereocenters. The molecule has 0 bridgehead atoms. The smallest absolute Gasteiger partial charge is 0.217 e. The zero-order chi connectivity index (χ0) is 11.0. The molecular weight excluding hydrogens is 202 g/mol. The molecule has 3 nitrogen and oxygen atoms in total. The second kappa shape index (κ2) is 3.74. The van der Waals surface area contributed by atoms with Crippen LogP contribution in [0, 0.1) is 0 Å². The Balaban J connectivity index is 1.92. The van der Waals surface area contributed by atoms with E-state index < -0.39 is 0 Å². The second-order valence-corrected chi connectivity index (χ2v) is 4.25. The molecule has 3 heteroatoms. The number of nitrogens with zero attached hydrogens (tertiary/aromatic N) is 1. The van der Waals surface area contributed by atoms with Crippen LogP contribution in [0.5, 0.6) is 0 Å². The third-order valence-electron chi connectivity index (χ3n) is 3.16. The van der Waals surface area contributed by atoms with E-state index in [1.54, 1.807) is 0 Å². The maximum Gasteiger partial charge on any atom is 0.217 e. The molecule has 2 aliphatic rings. The van der Waals surface area contributed by atoms with Gasteiger partial charge in [-0.05, 0) is 18.9 Å². The monoisotopic (exact) mass is 215 g/mol. The van der Waals surface area contributed by atoms with Crippen molar-refractivity contribution < 1.29 is 9.53 Å². The van der Waals surface area contributed by atoms with Gasteiger partial charge in [0.05, 0.1) is 0 Å². The Kier molecular flexibility index (Phi) is 2.24. The van der Waals surface area contributed by atoms with Crippen molar-refractivity contribution in [2.75, 3.05) is 0 Å². The number of rotatable bonds is 1. The Labute approximate surface area is 94.1 Å². The van der Waals surface area contributed by atoms with Crippen molar-refractivity contribution in [2.24, 2.45) is 4.99 Å². The normalized spacial score (nSPS) is 25.9. The van der Waals surface area contributed by atoms with E-state index in [1.165, 1.54) is 0 Å². The van der Waals surface area contributed by atoms with Crippen molar-refractivity contribution in [1.29, 1.82) is 0 Å². The largest absolute Gasteiger partial charge is 0.473 e. The van der Waals surface area contributed by atoms with Crippen molar-refractivity contribution in [3.8, 4) is 0 Å². The highest BCUT2D eigenvalue weighted by atomic mass is 16.5. The molecule has 1 heterocycles. The van der Waals surface area contributed by atoms with Crippen LogP contribution in [0.15, 0.2) is 29.3 Å². The molecule has 1 atom stereocenters. The third-order valence-corrected chi connectivity index (χ3v) is 3.16. The highest BCUT2D eigenvalue weighted by molar-refractivity contribution is 5.99. The van der Waals surface area contributed by atoms with E-state index in [2.05, 4.69) is 4.99 Å². The molecule has 0 spiro atoms. The zero-order valence-corrected chi connectivity index (χ0v) is 8.98. The first-order valence-corrected chi connectivity index (χ1v) is 5.66. The maximum absolute atomic E-state index is 11.5. The summed E-state index contributed by atoms with van der Waals surface area (Å²) < 4.78 is 5.53. The topological polar surface area (TPSA) is 38.7 Å². The van der Waals surface area contributed by atoms with Gasteiger partial charge < -0.3 is 4.74 Å². The summed E-state index contributed by atoms with van der Waals surface area (Å²) in [5, 5.41) is 0. The molecule has 1 saturated carbocycles. The predicted molar refractivity (Wildman–Crippen MR) is 60.4 cm³/mol. The summed E-state index contributed by atoms with van der Waals surface area (Å²) in [6, 6.07) is 7.83. The first-order chi connectivity index (χ1) is 7.84. The van der Waals surface area contributed by atoms with Gasteiger partial charge >= 0.3 is 0 Å². The minimum Gasteiger partial charge on any atom is -0.473 e. The Bertz CT molecular complexity index is 465. The van der Waals surface area contributed by atoms with Crippen LogP contribution < -0.4 is 0 Å². The first kappa shape index (κ1) is 9.58. The number of carbonyl (C=O) groups excluding carboxylic acids is 1. The minimum absolute atomic E-state index is 0.166. The average molecular weight is 215 g/mol. The predicted octanol–water partition coefficient (Wildman–Crippen LogP) is 2.08. The molecular formula is C13H13NO2. The van der Waals surface area contributed by atoms with Crippen LogP contribution in [0.2, 0.25) is 0 Å². The molecule has 0 N–H and O–H groups in total. The number of benzene rings is 1. The van der Waals surface area contributed by atoms with Gasteiger partial charge in [-0.25, -0.2) is 4.99 Å². The van der Waals surface area contributed by atoms with E-state index in [0.717, 1.165) is 24.0 Å². The summed E-state index contributed by atoms with van der Waals surface area (Å²) in [5.41, 5.74) is 2.20. The number of aliphatic imine (C=N–C) groups is 1. The Hall–Kier alpha value is -1.64. The average Bonchev–Trinajstić information content (AvgIpc) is 2.88. The lowest BCUT2D eigenvalue weighted by Crippen LogP contribution is -2.13. The fraction of sp³-hybridized carbons (Fsp3) is 0.385. The minimum atomic E-state index is -0.166. The van der Waals surface area contributed by atoms with Gasteiger partial charge in [-0.1, -0.05) is 18.2 Å². The van der Waals surface area contributed by atoms with E-state index in [4.69, 9.17) is 4.74 Å². The Morgan fingerprint density at radius 1 is 1.31 bits per heavy atom. The van der Waals surface area contributed by atoms with Gasteiger partial charge in [-0.2, -0.15) is 0 Å². The SMILES string of the molecule is O=C1CCCC1N=C1OCc2ccccc21. The van der Waals surface area contributed by atoms with Crippen molar-refractivity contribution in [1.82, 2.24) is 0 Å². The Morgan fingerprint density at radius 3 is 3.00 bits per heavy atom. The van der Waals surface area contributed by atoms with Crippen LogP contribution in [0.25, 0.3) is 0 Å². The molecule has 82 valence electrons. The van der Waals surface area contributed by atoms with Gasteiger partial charge in [0.15, 0.2) is 5.78 Å². The van der Waals surface area contributed by atoms with E-state index >= 15 is 0 Å². The van der Waals surface area contributed by atoms with Crippen LogP contribution >= 0.6 is 0 Å². The second-order valence-electron chi connectivity index (χ2n) is 4.25. The fourth-order valence-corrected chi connectivity index (χ4v) is 2.26. The lowest BCUT2D eigenvalue weighted by Gasteiger charge is -2.03. The summed E-state index contributed by atoms with van der Waals surface area (Å²) in [4.78, 5) is 16.0. The van der Waals surface area contributed by atoms with E-state index in [-0.39, 0.29) is 11.8 Å². The lowest BCUT2D eigenvalue weighted by atomic mass is 10.1. The number of fused-ring (bicyclic) bond motifs is 1. The molecule has 1 aromatic carbocycles. The molecule has 0 saturated heterocycles. The van der Waals surface area contributed by atoms with Gasteiger partial charge in [0.2, 0.25) is 5.90 Å². The summed E-state index contributed by atoms with van der Waals surface area (Å²) in [5.74, 6) is 0.899. The van der Waals surface area contributed by atoms with Crippen LogP contribution in [0.3, 0.4) is 0 Å². The first-order valence-electron chi connectivity index (χ1n) is 5.66. The number of ether oxygens (including phenoxy) is 1. The van der Waals surface area contributed by atoms with Crippen LogP contribution in [-0.2, 0) is 16.1 Å². The maximum atomic E-state index is 11.5. The molecule has 0 aromatic heterocycles. The number of hydrogen-bond donors (Lipinski definition) is 0. The molecule has 0 radical (unpaired) electrons. The molecule has 1 aliphatic carbocycles. The molecule has 16 heavy (non-hydrogen) atoms. The number of carbonyl (C=O) groups is 1. The highest BCUT2D eigenvalue weighted by Crippen LogP contribution is 2.23. The van der Waals surface area contributed by atoms with E-state index in [9.17, 15) is 4.79 Å². The van der Waals surface area contributed by atoms with Gasteiger partial charge in [-0.3, -0.25) is 4.79 Å². The molecule has 1 aliphatic heterocycles. The van der Waals surface area contributed by atoms with Crippen molar-refractivity contribution >= 4 is 11.7 Å². The van der Waals surface area contributed by atoms with Gasteiger partial charge in [0.25, 0.3) is 0 Å². The van der Waals surface area contributed by atoms with E-state index in [1.807, 2.05) is 24.3 Å². The van der Waals surface area contributed by atoms with Crippen LogP contribution in [0.1, 0.15) is 30.4 Å². The standard InChI is InChI=1S/C13H13NO2/c15-12-7-3-6-11(12)14-13-10-5-2-1-4-9(10)8-16-13/h1-2,4-5,11H,3,6-8H2. The van der Waals surface area contributed by atoms with Crippen LogP contribution in [-0.4, -0.2) is 17.7 Å². The molecule has 0 amide bonds. The summed E-state index contributed by atoms with van der Waals surface area (Å²) in [6.07, 6.45) is 2.50. The molecule has 1 aromatic rings. The number of hydrogen-bond acceptors (Lipinski definition) is 3. The van der Waals surface area contributed by atoms with Crippen molar-refractivity contribution in [3.05, 3.63) is 35.4 Å². The summed E-state index contributed by atoms with van der Waals surface area (Å²) in [7, 11) is 0. The van der Waals surface area contributed by atoms with E-state index in [0.29, 0.717) is 18.9 Å². The van der Waals surface area contributed by atoms with Gasteiger partial charge in [0.1, 0.15) is 12.6 Å². The molecule has 3 rings (SSSR count). The van der Waals surface area contributed by atoms with Crippen molar-refractivity contribution in [3.63, 3.8) is 0 Å². The Morgan fingerprint density at radius 2 is 2.19 bits per heavy atom. The number of Topliss-reactive ketones (excluding diaryl/α,β-unsaturated/α-hetero) is 1. The van der Waals surface area contributed by atoms with Crippen molar-refractivity contribution in [2.45, 2.75) is 31.9 Å². The lowest BCUT2D eigenvalue weighted by molar-refractivity contribution is -0.118. The molecule has 1 fully saturated rings.